The SMILES string of the molecule is CC1CC(C)C(C)N(C(=O)C2(C(N)=S)CCCC2)C1. The fourth-order valence-electron chi connectivity index (χ4n) is 3.80. The van der Waals surface area contributed by atoms with Crippen molar-refractivity contribution in [3.05, 3.63) is 0 Å². The van der Waals surface area contributed by atoms with Crippen LogP contribution in [0.3, 0.4) is 0 Å². The monoisotopic (exact) mass is 282 g/mol. The Morgan fingerprint density at radius 2 is 1.84 bits per heavy atom. The number of carbonyl (C=O) groups excluding carboxylic acids is 1. The van der Waals surface area contributed by atoms with Crippen molar-refractivity contribution >= 4 is 23.1 Å². The summed E-state index contributed by atoms with van der Waals surface area (Å²) in [7, 11) is 0. The van der Waals surface area contributed by atoms with E-state index < -0.39 is 5.41 Å². The molecule has 2 N–H and O–H groups in total. The molecule has 1 saturated heterocycles. The predicted octanol–water partition coefficient (Wildman–Crippen LogP) is 2.73. The van der Waals surface area contributed by atoms with Gasteiger partial charge in [0.2, 0.25) is 5.91 Å². The van der Waals surface area contributed by atoms with Gasteiger partial charge in [-0.25, -0.2) is 0 Å². The number of hydrogen-bond acceptors (Lipinski definition) is 2. The molecule has 0 spiro atoms. The molecule has 0 radical (unpaired) electrons. The molecule has 2 rings (SSSR count). The van der Waals surface area contributed by atoms with Gasteiger partial charge in [0, 0.05) is 12.6 Å². The fourth-order valence-corrected chi connectivity index (χ4v) is 4.09. The van der Waals surface area contributed by atoms with Crippen LogP contribution in [-0.4, -0.2) is 28.4 Å². The number of hydrogen-bond donors (Lipinski definition) is 1. The highest BCUT2D eigenvalue weighted by Gasteiger charge is 2.48. The molecule has 1 aliphatic carbocycles. The van der Waals surface area contributed by atoms with E-state index in [4.69, 9.17) is 18.0 Å². The van der Waals surface area contributed by atoms with Crippen molar-refractivity contribution in [2.75, 3.05) is 6.54 Å². The lowest BCUT2D eigenvalue weighted by Gasteiger charge is -2.44. The van der Waals surface area contributed by atoms with Gasteiger partial charge in [0.25, 0.3) is 0 Å². The Labute approximate surface area is 121 Å². The number of thiocarbonyl (C=S) groups is 1. The topological polar surface area (TPSA) is 46.3 Å². The first kappa shape index (κ1) is 14.8. The first-order valence-corrected chi connectivity index (χ1v) is 7.90. The van der Waals surface area contributed by atoms with Crippen LogP contribution in [0.2, 0.25) is 0 Å². The molecular formula is C15H26N2OS. The van der Waals surface area contributed by atoms with Gasteiger partial charge in [-0.05, 0) is 38.0 Å². The minimum absolute atomic E-state index is 0.198. The van der Waals surface area contributed by atoms with Crippen molar-refractivity contribution in [2.24, 2.45) is 23.0 Å². The molecule has 4 heteroatoms. The maximum absolute atomic E-state index is 13.0. The standard InChI is InChI=1S/C15H26N2OS/c1-10-8-11(2)12(3)17(9-10)14(18)15(13(16)19)6-4-5-7-15/h10-12H,4-9H2,1-3H3,(H2,16,19). The summed E-state index contributed by atoms with van der Waals surface area (Å²) in [6.45, 7) is 7.48. The van der Waals surface area contributed by atoms with Crippen LogP contribution in [0.4, 0.5) is 0 Å². The highest BCUT2D eigenvalue weighted by molar-refractivity contribution is 7.80. The summed E-state index contributed by atoms with van der Waals surface area (Å²) < 4.78 is 0. The van der Waals surface area contributed by atoms with Crippen molar-refractivity contribution in [3.63, 3.8) is 0 Å². The van der Waals surface area contributed by atoms with Crippen LogP contribution < -0.4 is 5.73 Å². The Morgan fingerprint density at radius 3 is 2.37 bits per heavy atom. The molecule has 3 unspecified atom stereocenters. The molecule has 3 nitrogen and oxygen atoms in total. The van der Waals surface area contributed by atoms with Crippen LogP contribution >= 0.6 is 12.2 Å². The van der Waals surface area contributed by atoms with Crippen molar-refractivity contribution in [1.29, 1.82) is 0 Å². The Bertz CT molecular complexity index is 376. The summed E-state index contributed by atoms with van der Waals surface area (Å²) in [5.74, 6) is 1.32. The van der Waals surface area contributed by atoms with Crippen LogP contribution in [0.1, 0.15) is 52.9 Å². The predicted molar refractivity (Wildman–Crippen MR) is 81.8 cm³/mol. The molecule has 1 heterocycles. The lowest BCUT2D eigenvalue weighted by molar-refractivity contribution is -0.144. The Morgan fingerprint density at radius 1 is 1.26 bits per heavy atom. The molecule has 0 aromatic carbocycles. The number of likely N-dealkylation sites (tertiary alicyclic amines) is 1. The first-order chi connectivity index (χ1) is 8.88. The van der Waals surface area contributed by atoms with Gasteiger partial charge in [0.1, 0.15) is 0 Å². The van der Waals surface area contributed by atoms with E-state index in [0.717, 1.165) is 32.2 Å². The molecule has 1 amide bonds. The maximum atomic E-state index is 13.0. The summed E-state index contributed by atoms with van der Waals surface area (Å²) in [6, 6.07) is 0.301. The maximum Gasteiger partial charge on any atom is 0.235 e. The lowest BCUT2D eigenvalue weighted by Crippen LogP contribution is -2.56. The number of amides is 1. The number of nitrogens with two attached hydrogens (primary N) is 1. The third-order valence-corrected chi connectivity index (χ3v) is 5.59. The quantitative estimate of drug-likeness (QED) is 0.792. The fraction of sp³-hybridized carbons (Fsp3) is 0.867. The van der Waals surface area contributed by atoms with Crippen LogP contribution in [-0.2, 0) is 4.79 Å². The second kappa shape index (κ2) is 5.39. The molecule has 0 aromatic rings. The van der Waals surface area contributed by atoms with E-state index in [2.05, 4.69) is 25.7 Å². The van der Waals surface area contributed by atoms with E-state index in [-0.39, 0.29) is 5.91 Å². The molecule has 1 saturated carbocycles. The molecular weight excluding hydrogens is 256 g/mol. The number of rotatable bonds is 2. The van der Waals surface area contributed by atoms with Crippen molar-refractivity contribution < 1.29 is 4.79 Å². The Hall–Kier alpha value is -0.640. The molecule has 19 heavy (non-hydrogen) atoms. The second-order valence-corrected chi connectivity index (χ2v) is 7.11. The molecule has 108 valence electrons. The van der Waals surface area contributed by atoms with Gasteiger partial charge >= 0.3 is 0 Å². The van der Waals surface area contributed by atoms with Crippen molar-refractivity contribution in [1.82, 2.24) is 4.90 Å². The summed E-state index contributed by atoms with van der Waals surface area (Å²) in [5, 5.41) is 0. The molecule has 1 aliphatic heterocycles. The van der Waals surface area contributed by atoms with Crippen LogP contribution in [0, 0.1) is 17.3 Å². The zero-order valence-electron chi connectivity index (χ0n) is 12.3. The average molecular weight is 282 g/mol. The Kier molecular flexibility index (Phi) is 4.19. The molecule has 0 bridgehead atoms. The van der Waals surface area contributed by atoms with Crippen molar-refractivity contribution in [3.8, 4) is 0 Å². The highest BCUT2D eigenvalue weighted by Crippen LogP contribution is 2.42. The van der Waals surface area contributed by atoms with Gasteiger partial charge in [-0.15, -0.1) is 0 Å². The molecule has 2 aliphatic rings. The smallest absolute Gasteiger partial charge is 0.235 e. The zero-order chi connectivity index (χ0) is 14.2. The zero-order valence-corrected chi connectivity index (χ0v) is 13.1. The summed E-state index contributed by atoms with van der Waals surface area (Å²) in [4.78, 5) is 15.5. The number of carbonyl (C=O) groups is 1. The average Bonchev–Trinajstić information content (AvgIpc) is 2.83. The Balaban J connectivity index is 2.24. The van der Waals surface area contributed by atoms with Crippen LogP contribution in [0.5, 0.6) is 0 Å². The van der Waals surface area contributed by atoms with Crippen molar-refractivity contribution in [2.45, 2.75) is 58.9 Å². The minimum atomic E-state index is -0.541. The summed E-state index contributed by atoms with van der Waals surface area (Å²) in [6.07, 6.45) is 5.01. The van der Waals surface area contributed by atoms with Gasteiger partial charge in [0.15, 0.2) is 0 Å². The molecule has 2 fully saturated rings. The minimum Gasteiger partial charge on any atom is -0.392 e. The highest BCUT2D eigenvalue weighted by atomic mass is 32.1. The lowest BCUT2D eigenvalue weighted by atomic mass is 9.80. The van der Waals surface area contributed by atoms with E-state index in [0.29, 0.717) is 22.9 Å². The van der Waals surface area contributed by atoms with E-state index >= 15 is 0 Å². The number of nitrogens with zero attached hydrogens (tertiary/aromatic N) is 1. The van der Waals surface area contributed by atoms with Crippen LogP contribution in [0.25, 0.3) is 0 Å². The normalized spacial score (nSPS) is 34.3. The van der Waals surface area contributed by atoms with E-state index in [1.807, 2.05) is 0 Å². The van der Waals surface area contributed by atoms with Gasteiger partial charge < -0.3 is 10.6 Å². The third kappa shape index (κ3) is 2.51. The second-order valence-electron chi connectivity index (χ2n) is 6.67. The van der Waals surface area contributed by atoms with Gasteiger partial charge in [-0.1, -0.05) is 38.9 Å². The van der Waals surface area contributed by atoms with Gasteiger partial charge in [-0.2, -0.15) is 0 Å². The molecule has 3 atom stereocenters. The first-order valence-electron chi connectivity index (χ1n) is 7.49. The van der Waals surface area contributed by atoms with E-state index in [1.54, 1.807) is 0 Å². The van der Waals surface area contributed by atoms with Gasteiger partial charge in [0.05, 0.1) is 10.4 Å². The summed E-state index contributed by atoms with van der Waals surface area (Å²) >= 11 is 5.24. The van der Waals surface area contributed by atoms with Gasteiger partial charge in [-0.3, -0.25) is 4.79 Å². The largest absolute Gasteiger partial charge is 0.392 e. The number of piperidine rings is 1. The third-order valence-electron chi connectivity index (χ3n) is 5.20. The summed E-state index contributed by atoms with van der Waals surface area (Å²) in [5.41, 5.74) is 5.40. The van der Waals surface area contributed by atoms with Crippen LogP contribution in [0.15, 0.2) is 0 Å². The molecule has 0 aromatic heterocycles. The van der Waals surface area contributed by atoms with E-state index in [9.17, 15) is 4.79 Å². The van der Waals surface area contributed by atoms with E-state index in [1.165, 1.54) is 6.42 Å².